The average molecular weight is 979 g/mol. The molecule has 72 heavy (non-hydrogen) atoms. The minimum atomic E-state index is -0.467. The van der Waals surface area contributed by atoms with E-state index >= 15 is 0 Å². The van der Waals surface area contributed by atoms with Crippen LogP contribution in [0.2, 0.25) is 0 Å². The molecule has 0 N–H and O–H groups in total. The standard InChI is InChI=1S/C60H66O12/c1-41(2)29-33-65-55(61)37-69-51-21-13-47(14-22-51)59(48-15-23-52(24-16-48)70-38-56(62)66-34-30-42(3)4)45-9-11-46(12-10-45)60(49-17-25-53(26-18-49)71-39-57(63)67-35-31-43(5)6)50-19-27-54(28-20-50)72-40-58(64)68-36-32-44(7)8/h9-32,59-60H,33-40H2,1-8H3. The Balaban J connectivity index is 1.43. The first kappa shape index (κ1) is 55.1. The minimum absolute atomic E-state index is 0.186. The van der Waals surface area contributed by atoms with Crippen LogP contribution in [0.4, 0.5) is 0 Å². The molecule has 5 aromatic rings. The van der Waals surface area contributed by atoms with E-state index in [-0.39, 0.29) is 64.7 Å². The SMILES string of the molecule is CC(C)=CCOC(=O)COc1ccc(C(c2ccc(OCC(=O)OCC=C(C)C)cc2)c2ccc(C(c3ccc(OCC(=O)OCC=C(C)C)cc3)c3ccc(OCC(=O)OCC=C(C)C)cc3)cc2)cc1. The molecule has 5 rings (SSSR count). The molecule has 0 spiro atoms. The number of ether oxygens (including phenoxy) is 8. The molecule has 0 unspecified atom stereocenters. The van der Waals surface area contributed by atoms with E-state index < -0.39 is 23.9 Å². The lowest BCUT2D eigenvalue weighted by atomic mass is 9.81. The number of allylic oxidation sites excluding steroid dienone is 4. The zero-order chi connectivity index (χ0) is 51.8. The predicted molar refractivity (Wildman–Crippen MR) is 278 cm³/mol. The molecule has 0 amide bonds. The zero-order valence-corrected chi connectivity index (χ0v) is 42.6. The van der Waals surface area contributed by atoms with Gasteiger partial charge in [0.15, 0.2) is 26.4 Å². The van der Waals surface area contributed by atoms with Crippen molar-refractivity contribution in [3.63, 3.8) is 0 Å². The summed E-state index contributed by atoms with van der Waals surface area (Å²) in [5.74, 6) is -0.308. The van der Waals surface area contributed by atoms with E-state index in [0.29, 0.717) is 23.0 Å². The highest BCUT2D eigenvalue weighted by atomic mass is 16.6. The predicted octanol–water partition coefficient (Wildman–Crippen LogP) is 11.6. The third kappa shape index (κ3) is 19.1. The maximum atomic E-state index is 12.3. The molecule has 5 aromatic carbocycles. The van der Waals surface area contributed by atoms with Gasteiger partial charge in [-0.3, -0.25) is 0 Å². The third-order valence-electron chi connectivity index (χ3n) is 10.8. The van der Waals surface area contributed by atoms with Crippen LogP contribution in [0.5, 0.6) is 23.0 Å². The lowest BCUT2D eigenvalue weighted by Gasteiger charge is -2.23. The van der Waals surface area contributed by atoms with Gasteiger partial charge >= 0.3 is 23.9 Å². The molecule has 0 aliphatic rings. The van der Waals surface area contributed by atoms with Crippen molar-refractivity contribution in [2.24, 2.45) is 0 Å². The molecule has 0 bridgehead atoms. The van der Waals surface area contributed by atoms with Crippen molar-refractivity contribution >= 4 is 23.9 Å². The lowest BCUT2D eigenvalue weighted by molar-refractivity contribution is -0.145. The van der Waals surface area contributed by atoms with Crippen LogP contribution >= 0.6 is 0 Å². The number of carbonyl (C=O) groups excluding carboxylic acids is 4. The van der Waals surface area contributed by atoms with Crippen LogP contribution in [0.3, 0.4) is 0 Å². The summed E-state index contributed by atoms with van der Waals surface area (Å²) < 4.78 is 44.2. The highest BCUT2D eigenvalue weighted by molar-refractivity contribution is 5.72. The second-order valence-electron chi connectivity index (χ2n) is 17.8. The molecule has 12 nitrogen and oxygen atoms in total. The fourth-order valence-electron chi connectivity index (χ4n) is 7.00. The maximum Gasteiger partial charge on any atom is 0.344 e. The van der Waals surface area contributed by atoms with Crippen molar-refractivity contribution in [1.29, 1.82) is 0 Å². The smallest absolute Gasteiger partial charge is 0.344 e. The van der Waals surface area contributed by atoms with Crippen LogP contribution in [0.15, 0.2) is 168 Å². The molecule has 0 saturated carbocycles. The maximum absolute atomic E-state index is 12.3. The number of benzene rings is 5. The van der Waals surface area contributed by atoms with E-state index in [2.05, 4.69) is 24.3 Å². The van der Waals surface area contributed by atoms with Crippen molar-refractivity contribution in [1.82, 2.24) is 0 Å². The zero-order valence-electron chi connectivity index (χ0n) is 42.6. The summed E-state index contributed by atoms with van der Waals surface area (Å²) in [6.07, 6.45) is 7.31. The van der Waals surface area contributed by atoms with Crippen LogP contribution < -0.4 is 18.9 Å². The number of hydrogen-bond acceptors (Lipinski definition) is 12. The van der Waals surface area contributed by atoms with Crippen LogP contribution in [-0.2, 0) is 38.1 Å². The number of hydrogen-bond donors (Lipinski definition) is 0. The summed E-state index contributed by atoms with van der Waals surface area (Å²) in [5, 5.41) is 0. The van der Waals surface area contributed by atoms with Gasteiger partial charge in [-0.25, -0.2) is 19.2 Å². The van der Waals surface area contributed by atoms with Gasteiger partial charge in [-0.1, -0.05) is 95.1 Å². The Kier molecular flexibility index (Phi) is 22.0. The van der Waals surface area contributed by atoms with Gasteiger partial charge in [-0.15, -0.1) is 0 Å². The van der Waals surface area contributed by atoms with Crippen molar-refractivity contribution in [3.05, 3.63) is 201 Å². The minimum Gasteiger partial charge on any atom is -0.482 e. The summed E-state index contributed by atoms with van der Waals surface area (Å²) in [4.78, 5) is 49.4. The highest BCUT2D eigenvalue weighted by Crippen LogP contribution is 2.38. The topological polar surface area (TPSA) is 142 Å². The molecule has 0 heterocycles. The van der Waals surface area contributed by atoms with Crippen LogP contribution in [0.1, 0.15) is 101 Å². The first-order valence-corrected chi connectivity index (χ1v) is 23.8. The van der Waals surface area contributed by atoms with Gasteiger partial charge < -0.3 is 37.9 Å². The summed E-state index contributed by atoms with van der Waals surface area (Å²) in [7, 11) is 0. The van der Waals surface area contributed by atoms with E-state index in [1.165, 1.54) is 0 Å². The number of rotatable bonds is 26. The van der Waals surface area contributed by atoms with Gasteiger partial charge in [0.2, 0.25) is 0 Å². The molecule has 0 aliphatic heterocycles. The van der Waals surface area contributed by atoms with Gasteiger partial charge in [0.1, 0.15) is 49.4 Å². The molecule has 0 saturated heterocycles. The van der Waals surface area contributed by atoms with Gasteiger partial charge in [0, 0.05) is 11.8 Å². The van der Waals surface area contributed by atoms with Crippen molar-refractivity contribution < 1.29 is 57.1 Å². The first-order valence-electron chi connectivity index (χ1n) is 23.8. The van der Waals surface area contributed by atoms with E-state index in [0.717, 1.165) is 55.7 Å². The summed E-state index contributed by atoms with van der Waals surface area (Å²) >= 11 is 0. The summed E-state index contributed by atoms with van der Waals surface area (Å²) in [5.41, 5.74) is 10.0. The second-order valence-corrected chi connectivity index (χ2v) is 17.8. The fourth-order valence-corrected chi connectivity index (χ4v) is 7.00. The Morgan fingerprint density at radius 3 is 0.639 bits per heavy atom. The van der Waals surface area contributed by atoms with E-state index in [4.69, 9.17) is 37.9 Å². The third-order valence-corrected chi connectivity index (χ3v) is 10.8. The molecule has 0 aromatic heterocycles. The molecule has 378 valence electrons. The Morgan fingerprint density at radius 2 is 0.472 bits per heavy atom. The van der Waals surface area contributed by atoms with E-state index in [9.17, 15) is 19.2 Å². The highest BCUT2D eigenvalue weighted by Gasteiger charge is 2.22. The van der Waals surface area contributed by atoms with Crippen molar-refractivity contribution in [2.75, 3.05) is 52.9 Å². The monoisotopic (exact) mass is 978 g/mol. The van der Waals surface area contributed by atoms with E-state index in [1.807, 2.05) is 177 Å². The quantitative estimate of drug-likeness (QED) is 0.0225. The fraction of sp³-hybridized carbons (Fsp3) is 0.300. The second kappa shape index (κ2) is 28.7. The van der Waals surface area contributed by atoms with Gasteiger partial charge in [0.05, 0.1) is 0 Å². The van der Waals surface area contributed by atoms with Gasteiger partial charge in [-0.2, -0.15) is 0 Å². The molecule has 12 heteroatoms. The Morgan fingerprint density at radius 1 is 0.306 bits per heavy atom. The van der Waals surface area contributed by atoms with Crippen molar-refractivity contribution in [2.45, 2.75) is 67.2 Å². The van der Waals surface area contributed by atoms with Crippen LogP contribution in [0, 0.1) is 0 Å². The summed E-state index contributed by atoms with van der Waals surface area (Å²) in [6, 6.07) is 38.8. The van der Waals surface area contributed by atoms with Crippen LogP contribution in [-0.4, -0.2) is 76.7 Å². The normalized spacial score (nSPS) is 10.6. The molecule has 0 fully saturated rings. The molecule has 0 radical (unpaired) electrons. The van der Waals surface area contributed by atoms with Crippen molar-refractivity contribution in [3.8, 4) is 23.0 Å². The largest absolute Gasteiger partial charge is 0.482 e. The molecular formula is C60H66O12. The average Bonchev–Trinajstić information content (AvgIpc) is 3.35. The first-order chi connectivity index (χ1) is 34.6. The number of carbonyl (C=O) groups is 4. The Labute approximate surface area is 423 Å². The molecule has 0 aliphatic carbocycles. The summed E-state index contributed by atoms with van der Waals surface area (Å²) in [6.45, 7) is 15.3. The number of esters is 4. The molecular weight excluding hydrogens is 913 g/mol. The lowest BCUT2D eigenvalue weighted by Crippen LogP contribution is -2.15. The van der Waals surface area contributed by atoms with Gasteiger partial charge in [-0.05, 0) is 162 Å². The van der Waals surface area contributed by atoms with Gasteiger partial charge in [0.25, 0.3) is 0 Å². The Hall–Kier alpha value is -7.86. The van der Waals surface area contributed by atoms with Crippen LogP contribution in [0.25, 0.3) is 0 Å². The molecule has 0 atom stereocenters. The Bertz CT molecular complexity index is 2290. The van der Waals surface area contributed by atoms with E-state index in [1.54, 1.807) is 0 Å².